The molecule has 1 amide bonds. The van der Waals surface area contributed by atoms with Crippen LogP contribution in [0.15, 0.2) is 42.5 Å². The SMILES string of the molecule is CCC(C(=O)NCCOc1ccccc1C(C)(C)C)N(c1cc([N+](=O)[O-])ccc1OC)S(C)(=O)=O. The van der Waals surface area contributed by atoms with Crippen LogP contribution in [0.1, 0.15) is 39.7 Å². The van der Waals surface area contributed by atoms with Crippen molar-refractivity contribution in [3.63, 3.8) is 0 Å². The second-order valence-corrected chi connectivity index (χ2v) is 10.8. The molecule has 0 spiro atoms. The topological polar surface area (TPSA) is 128 Å². The van der Waals surface area contributed by atoms with E-state index < -0.39 is 26.9 Å². The molecular formula is C24H33N3O7S. The Balaban J connectivity index is 2.23. The number of sulfonamides is 1. The van der Waals surface area contributed by atoms with Gasteiger partial charge in [0.2, 0.25) is 15.9 Å². The average Bonchev–Trinajstić information content (AvgIpc) is 2.78. The van der Waals surface area contributed by atoms with Gasteiger partial charge in [0.05, 0.1) is 24.8 Å². The molecule has 2 aromatic carbocycles. The van der Waals surface area contributed by atoms with E-state index in [0.29, 0.717) is 5.75 Å². The summed E-state index contributed by atoms with van der Waals surface area (Å²) in [7, 11) is -2.69. The van der Waals surface area contributed by atoms with Crippen molar-refractivity contribution in [3.05, 3.63) is 58.1 Å². The van der Waals surface area contributed by atoms with Crippen LogP contribution < -0.4 is 19.1 Å². The van der Waals surface area contributed by atoms with Crippen molar-refractivity contribution in [1.29, 1.82) is 0 Å². The normalized spacial score (nSPS) is 12.5. The lowest BCUT2D eigenvalue weighted by atomic mass is 9.86. The molecule has 0 fully saturated rings. The fourth-order valence-electron chi connectivity index (χ4n) is 3.66. The van der Waals surface area contributed by atoms with E-state index in [4.69, 9.17) is 9.47 Å². The monoisotopic (exact) mass is 507 g/mol. The molecule has 1 N–H and O–H groups in total. The maximum absolute atomic E-state index is 13.0. The van der Waals surface area contributed by atoms with Gasteiger partial charge in [0.15, 0.2) is 0 Å². The summed E-state index contributed by atoms with van der Waals surface area (Å²) in [4.78, 5) is 23.7. The number of ether oxygens (including phenoxy) is 2. The van der Waals surface area contributed by atoms with E-state index in [9.17, 15) is 23.3 Å². The largest absolute Gasteiger partial charge is 0.495 e. The number of para-hydroxylation sites is 1. The van der Waals surface area contributed by atoms with Crippen molar-refractivity contribution in [2.24, 2.45) is 0 Å². The van der Waals surface area contributed by atoms with E-state index in [-0.39, 0.29) is 42.1 Å². The van der Waals surface area contributed by atoms with Crippen LogP contribution in [0.3, 0.4) is 0 Å². The van der Waals surface area contributed by atoms with Gasteiger partial charge in [-0.15, -0.1) is 0 Å². The number of nitrogens with zero attached hydrogens (tertiary/aromatic N) is 2. The minimum Gasteiger partial charge on any atom is -0.495 e. The molecule has 2 rings (SSSR count). The van der Waals surface area contributed by atoms with E-state index in [1.807, 2.05) is 24.3 Å². The number of nitro groups is 1. The smallest absolute Gasteiger partial charge is 0.271 e. The van der Waals surface area contributed by atoms with Gasteiger partial charge in [-0.3, -0.25) is 19.2 Å². The molecule has 0 heterocycles. The van der Waals surface area contributed by atoms with Crippen LogP contribution in [-0.2, 0) is 20.2 Å². The number of nitro benzene ring substituents is 1. The summed E-state index contributed by atoms with van der Waals surface area (Å²) in [6.07, 6.45) is 1.06. The van der Waals surface area contributed by atoms with Crippen LogP contribution in [0.4, 0.5) is 11.4 Å². The van der Waals surface area contributed by atoms with Crippen molar-refractivity contribution in [1.82, 2.24) is 5.32 Å². The summed E-state index contributed by atoms with van der Waals surface area (Å²) in [5.41, 5.74) is 0.497. The predicted octanol–water partition coefficient (Wildman–Crippen LogP) is 3.64. The molecule has 11 heteroatoms. The molecule has 192 valence electrons. The molecule has 0 radical (unpaired) electrons. The zero-order chi connectivity index (χ0) is 26.4. The van der Waals surface area contributed by atoms with Gasteiger partial charge in [0, 0.05) is 12.1 Å². The third-order valence-corrected chi connectivity index (χ3v) is 6.46. The Morgan fingerprint density at radius 1 is 1.17 bits per heavy atom. The molecule has 2 aromatic rings. The first-order valence-electron chi connectivity index (χ1n) is 11.1. The number of benzene rings is 2. The first kappa shape index (κ1) is 27.9. The van der Waals surface area contributed by atoms with E-state index in [0.717, 1.165) is 22.2 Å². The molecule has 1 atom stereocenters. The van der Waals surface area contributed by atoms with Crippen LogP contribution in [0.2, 0.25) is 0 Å². The van der Waals surface area contributed by atoms with E-state index in [1.165, 1.54) is 19.2 Å². The molecular weight excluding hydrogens is 474 g/mol. The minimum absolute atomic E-state index is 0.0819. The van der Waals surface area contributed by atoms with Gasteiger partial charge in [-0.25, -0.2) is 8.42 Å². The quantitative estimate of drug-likeness (QED) is 0.279. The maximum Gasteiger partial charge on any atom is 0.271 e. The van der Waals surface area contributed by atoms with Gasteiger partial charge in [-0.2, -0.15) is 0 Å². The van der Waals surface area contributed by atoms with E-state index in [2.05, 4.69) is 26.1 Å². The highest BCUT2D eigenvalue weighted by molar-refractivity contribution is 7.92. The van der Waals surface area contributed by atoms with Crippen molar-refractivity contribution < 1.29 is 27.6 Å². The standard InChI is InChI=1S/C24H33N3O7S/c1-7-19(23(28)25-14-15-34-21-11-9-8-10-18(21)24(2,3)4)26(35(6,31)32)20-16-17(27(29)30)12-13-22(20)33-5/h8-13,16,19H,7,14-15H2,1-6H3,(H,25,28). The Morgan fingerprint density at radius 3 is 2.37 bits per heavy atom. The molecule has 0 saturated heterocycles. The number of rotatable bonds is 11. The summed E-state index contributed by atoms with van der Waals surface area (Å²) in [6.45, 7) is 8.19. The Morgan fingerprint density at radius 2 is 1.83 bits per heavy atom. The fourth-order valence-corrected chi connectivity index (χ4v) is 4.87. The number of hydrogen-bond acceptors (Lipinski definition) is 7. The van der Waals surface area contributed by atoms with Crippen molar-refractivity contribution in [2.75, 3.05) is 30.8 Å². The summed E-state index contributed by atoms with van der Waals surface area (Å²) in [6, 6.07) is 10.1. The van der Waals surface area contributed by atoms with Crippen molar-refractivity contribution in [3.8, 4) is 11.5 Å². The lowest BCUT2D eigenvalue weighted by molar-refractivity contribution is -0.384. The molecule has 0 aliphatic rings. The first-order valence-corrected chi connectivity index (χ1v) is 13.0. The molecule has 0 aliphatic carbocycles. The Labute approximate surface area is 206 Å². The van der Waals surface area contributed by atoms with Crippen LogP contribution in [0, 0.1) is 10.1 Å². The lowest BCUT2D eigenvalue weighted by Crippen LogP contribution is -2.50. The number of carbonyl (C=O) groups excluding carboxylic acids is 1. The molecule has 0 aliphatic heterocycles. The second-order valence-electron chi connectivity index (χ2n) is 8.98. The number of amides is 1. The molecule has 10 nitrogen and oxygen atoms in total. The fraction of sp³-hybridized carbons (Fsp3) is 0.458. The van der Waals surface area contributed by atoms with E-state index >= 15 is 0 Å². The Kier molecular flexibility index (Phi) is 9.08. The lowest BCUT2D eigenvalue weighted by Gasteiger charge is -2.31. The van der Waals surface area contributed by atoms with Gasteiger partial charge in [-0.1, -0.05) is 45.9 Å². The number of hydrogen-bond donors (Lipinski definition) is 1. The van der Waals surface area contributed by atoms with Crippen LogP contribution in [0.5, 0.6) is 11.5 Å². The van der Waals surface area contributed by atoms with Crippen LogP contribution in [-0.4, -0.2) is 51.8 Å². The number of nitrogens with one attached hydrogen (secondary N) is 1. The van der Waals surface area contributed by atoms with Gasteiger partial charge in [0.25, 0.3) is 5.69 Å². The van der Waals surface area contributed by atoms with Gasteiger partial charge in [-0.05, 0) is 29.5 Å². The Bertz CT molecular complexity index is 1160. The minimum atomic E-state index is -4.01. The third-order valence-electron chi connectivity index (χ3n) is 5.29. The summed E-state index contributed by atoms with van der Waals surface area (Å²) in [5, 5.41) is 14.0. The maximum atomic E-state index is 13.0. The summed E-state index contributed by atoms with van der Waals surface area (Å²) in [5.74, 6) is 0.244. The number of methoxy groups -OCH3 is 1. The molecule has 35 heavy (non-hydrogen) atoms. The zero-order valence-corrected chi connectivity index (χ0v) is 21.7. The highest BCUT2D eigenvalue weighted by Gasteiger charge is 2.34. The molecule has 0 saturated carbocycles. The van der Waals surface area contributed by atoms with Gasteiger partial charge < -0.3 is 14.8 Å². The molecule has 0 aromatic heterocycles. The number of non-ortho nitro benzene ring substituents is 1. The van der Waals surface area contributed by atoms with Crippen LogP contribution >= 0.6 is 0 Å². The Hall–Kier alpha value is -3.34. The summed E-state index contributed by atoms with van der Waals surface area (Å²) < 4.78 is 37.4. The first-order chi connectivity index (χ1) is 16.3. The zero-order valence-electron chi connectivity index (χ0n) is 20.9. The molecule has 0 bridgehead atoms. The van der Waals surface area contributed by atoms with Crippen molar-refractivity contribution >= 4 is 27.3 Å². The van der Waals surface area contributed by atoms with Crippen LogP contribution in [0.25, 0.3) is 0 Å². The van der Waals surface area contributed by atoms with E-state index in [1.54, 1.807) is 6.92 Å². The summed E-state index contributed by atoms with van der Waals surface area (Å²) >= 11 is 0. The average molecular weight is 508 g/mol. The predicted molar refractivity (Wildman–Crippen MR) is 135 cm³/mol. The van der Waals surface area contributed by atoms with Gasteiger partial charge >= 0.3 is 0 Å². The van der Waals surface area contributed by atoms with Gasteiger partial charge in [0.1, 0.15) is 29.8 Å². The highest BCUT2D eigenvalue weighted by atomic mass is 32.2. The number of carbonyl (C=O) groups is 1. The number of anilines is 1. The van der Waals surface area contributed by atoms with Crippen molar-refractivity contribution in [2.45, 2.75) is 45.6 Å². The second kappa shape index (κ2) is 11.4. The molecule has 1 unspecified atom stereocenters. The third kappa shape index (κ3) is 7.08. The highest BCUT2D eigenvalue weighted by Crippen LogP contribution is 2.35.